The van der Waals surface area contributed by atoms with Crippen LogP contribution in [0.1, 0.15) is 20.8 Å². The molecule has 30 heavy (non-hydrogen) atoms. The van der Waals surface area contributed by atoms with Crippen molar-refractivity contribution in [1.29, 1.82) is 0 Å². The van der Waals surface area contributed by atoms with Gasteiger partial charge in [0.25, 0.3) is 0 Å². The molecule has 0 saturated heterocycles. The number of nitrogens with zero attached hydrogens (tertiary/aromatic N) is 2. The third kappa shape index (κ3) is 3.61. The molecule has 6 nitrogen and oxygen atoms in total. The molecule has 0 aliphatic rings. The van der Waals surface area contributed by atoms with Gasteiger partial charge in [0.2, 0.25) is 0 Å². The van der Waals surface area contributed by atoms with Crippen LogP contribution < -0.4 is 10.5 Å². The molecular formula is C22H22N2O4S2. The number of fused-ring (bicyclic) bond motifs is 2. The Labute approximate surface area is 178 Å². The standard InChI is InChI=1S/C22H22N2O4S2/c1-4-24(5-2)15-8-7-14-11-17(22(25)28-19(14)12-15)21-23-18-10-9-16(13-20(18)29-21)30(26,27)6-3/h7-13H,4-6H2,1-3H3. The van der Waals surface area contributed by atoms with Gasteiger partial charge in [0.1, 0.15) is 10.6 Å². The van der Waals surface area contributed by atoms with E-state index in [0.29, 0.717) is 21.7 Å². The topological polar surface area (TPSA) is 80.5 Å². The average Bonchev–Trinajstić information content (AvgIpc) is 3.17. The summed E-state index contributed by atoms with van der Waals surface area (Å²) in [7, 11) is -3.30. The van der Waals surface area contributed by atoms with Crippen LogP contribution in [0.5, 0.6) is 0 Å². The minimum Gasteiger partial charge on any atom is -0.422 e. The highest BCUT2D eigenvalue weighted by Gasteiger charge is 2.17. The molecule has 0 atom stereocenters. The van der Waals surface area contributed by atoms with Gasteiger partial charge >= 0.3 is 5.63 Å². The summed E-state index contributed by atoms with van der Waals surface area (Å²) in [5.74, 6) is 0.0356. The van der Waals surface area contributed by atoms with E-state index in [0.717, 1.165) is 28.9 Å². The van der Waals surface area contributed by atoms with E-state index in [-0.39, 0.29) is 10.6 Å². The maximum Gasteiger partial charge on any atom is 0.346 e. The van der Waals surface area contributed by atoms with Crippen LogP contribution in [-0.2, 0) is 9.84 Å². The van der Waals surface area contributed by atoms with Crippen molar-refractivity contribution >= 4 is 48.0 Å². The highest BCUT2D eigenvalue weighted by Crippen LogP contribution is 2.32. The monoisotopic (exact) mass is 442 g/mol. The quantitative estimate of drug-likeness (QED) is 0.402. The summed E-state index contributed by atoms with van der Waals surface area (Å²) in [6.07, 6.45) is 0. The Hall–Kier alpha value is -2.71. The maximum absolute atomic E-state index is 12.7. The van der Waals surface area contributed by atoms with E-state index in [2.05, 4.69) is 23.7 Å². The second-order valence-electron chi connectivity index (χ2n) is 6.89. The van der Waals surface area contributed by atoms with Crippen molar-refractivity contribution < 1.29 is 12.8 Å². The predicted octanol–water partition coefficient (Wildman–Crippen LogP) is 4.71. The molecule has 2 heterocycles. The summed E-state index contributed by atoms with van der Waals surface area (Å²) >= 11 is 1.29. The molecular weight excluding hydrogens is 420 g/mol. The van der Waals surface area contributed by atoms with E-state index in [9.17, 15) is 13.2 Å². The van der Waals surface area contributed by atoms with Crippen LogP contribution in [0.25, 0.3) is 31.8 Å². The van der Waals surface area contributed by atoms with Gasteiger partial charge in [0.05, 0.1) is 26.4 Å². The molecule has 0 N–H and O–H groups in total. The summed E-state index contributed by atoms with van der Waals surface area (Å²) in [4.78, 5) is 19.7. The van der Waals surface area contributed by atoms with Crippen molar-refractivity contribution in [1.82, 2.24) is 4.98 Å². The number of sulfone groups is 1. The second-order valence-corrected chi connectivity index (χ2v) is 10.2. The highest BCUT2D eigenvalue weighted by molar-refractivity contribution is 7.91. The van der Waals surface area contributed by atoms with Gasteiger partial charge in [-0.1, -0.05) is 6.92 Å². The fraction of sp³-hybridized carbons (Fsp3) is 0.273. The van der Waals surface area contributed by atoms with Gasteiger partial charge < -0.3 is 9.32 Å². The number of rotatable bonds is 6. The molecule has 4 aromatic rings. The lowest BCUT2D eigenvalue weighted by Crippen LogP contribution is -2.21. The Morgan fingerprint density at radius 2 is 1.80 bits per heavy atom. The molecule has 0 spiro atoms. The fourth-order valence-corrected chi connectivity index (χ4v) is 5.40. The molecule has 0 amide bonds. The number of aromatic nitrogens is 1. The van der Waals surface area contributed by atoms with Crippen LogP contribution in [0.2, 0.25) is 0 Å². The van der Waals surface area contributed by atoms with Crippen LogP contribution in [0, 0.1) is 0 Å². The Kier molecular flexibility index (Phi) is 5.38. The van der Waals surface area contributed by atoms with Gasteiger partial charge in [-0.2, -0.15) is 0 Å². The molecule has 0 bridgehead atoms. The predicted molar refractivity (Wildman–Crippen MR) is 122 cm³/mol. The molecule has 0 saturated carbocycles. The maximum atomic E-state index is 12.7. The third-order valence-electron chi connectivity index (χ3n) is 5.18. The number of anilines is 1. The number of benzene rings is 2. The molecule has 0 unspecified atom stereocenters. The Bertz CT molecular complexity index is 1400. The smallest absolute Gasteiger partial charge is 0.346 e. The van der Waals surface area contributed by atoms with E-state index < -0.39 is 15.5 Å². The molecule has 0 aliphatic heterocycles. The van der Waals surface area contributed by atoms with E-state index in [1.807, 2.05) is 18.2 Å². The first-order chi connectivity index (χ1) is 14.4. The Morgan fingerprint density at radius 1 is 1.03 bits per heavy atom. The van der Waals surface area contributed by atoms with Gasteiger partial charge in [-0.3, -0.25) is 0 Å². The van der Waals surface area contributed by atoms with Crippen LogP contribution in [-0.4, -0.2) is 32.2 Å². The fourth-order valence-electron chi connectivity index (χ4n) is 3.41. The molecule has 2 aromatic heterocycles. The largest absolute Gasteiger partial charge is 0.422 e. The molecule has 0 radical (unpaired) electrons. The second kappa shape index (κ2) is 7.85. The number of hydrogen-bond acceptors (Lipinski definition) is 7. The first-order valence-corrected chi connectivity index (χ1v) is 12.3. The normalized spacial score (nSPS) is 12.0. The molecule has 4 rings (SSSR count). The van der Waals surface area contributed by atoms with Crippen LogP contribution >= 0.6 is 11.3 Å². The van der Waals surface area contributed by atoms with Gasteiger partial charge in [0, 0.05) is 30.2 Å². The van der Waals surface area contributed by atoms with Gasteiger partial charge in [0.15, 0.2) is 9.84 Å². The van der Waals surface area contributed by atoms with E-state index in [1.165, 1.54) is 11.3 Å². The van der Waals surface area contributed by atoms with Crippen LogP contribution in [0.4, 0.5) is 5.69 Å². The first-order valence-electron chi connectivity index (χ1n) is 9.82. The van der Waals surface area contributed by atoms with E-state index in [4.69, 9.17) is 4.42 Å². The van der Waals surface area contributed by atoms with E-state index in [1.54, 1.807) is 31.2 Å². The van der Waals surface area contributed by atoms with Crippen LogP contribution in [0.3, 0.4) is 0 Å². The SMILES string of the molecule is CCN(CC)c1ccc2cc(-c3nc4ccc(S(=O)(=O)CC)cc4s3)c(=O)oc2c1. The van der Waals surface area contributed by atoms with Crippen molar-refractivity contribution in [3.05, 3.63) is 52.9 Å². The summed E-state index contributed by atoms with van der Waals surface area (Å²) in [6.45, 7) is 7.51. The van der Waals surface area contributed by atoms with Crippen molar-refractivity contribution in [2.75, 3.05) is 23.7 Å². The lowest BCUT2D eigenvalue weighted by molar-refractivity contribution is 0.563. The molecule has 0 fully saturated rings. The van der Waals surface area contributed by atoms with Gasteiger partial charge in [-0.25, -0.2) is 18.2 Å². The highest BCUT2D eigenvalue weighted by atomic mass is 32.2. The van der Waals surface area contributed by atoms with Crippen molar-refractivity contribution in [3.63, 3.8) is 0 Å². The molecule has 0 aliphatic carbocycles. The van der Waals surface area contributed by atoms with Crippen molar-refractivity contribution in [3.8, 4) is 10.6 Å². The molecule has 156 valence electrons. The average molecular weight is 443 g/mol. The summed E-state index contributed by atoms with van der Waals surface area (Å²) in [6, 6.07) is 12.5. The number of thiazole rings is 1. The third-order valence-corrected chi connectivity index (χ3v) is 7.96. The zero-order chi connectivity index (χ0) is 21.5. The van der Waals surface area contributed by atoms with Gasteiger partial charge in [-0.15, -0.1) is 11.3 Å². The van der Waals surface area contributed by atoms with Gasteiger partial charge in [-0.05, 0) is 50.2 Å². The van der Waals surface area contributed by atoms with Crippen LogP contribution in [0.15, 0.2) is 56.6 Å². The van der Waals surface area contributed by atoms with E-state index >= 15 is 0 Å². The Morgan fingerprint density at radius 3 is 2.50 bits per heavy atom. The Balaban J connectivity index is 1.80. The summed E-state index contributed by atoms with van der Waals surface area (Å²) in [5, 5.41) is 1.33. The van der Waals surface area contributed by atoms with Crippen molar-refractivity contribution in [2.45, 2.75) is 25.7 Å². The molecule has 2 aromatic carbocycles. The lowest BCUT2D eigenvalue weighted by atomic mass is 10.1. The number of hydrogen-bond donors (Lipinski definition) is 0. The molecule has 8 heteroatoms. The lowest BCUT2D eigenvalue weighted by Gasteiger charge is -2.20. The minimum atomic E-state index is -3.30. The first kappa shape index (κ1) is 20.6. The summed E-state index contributed by atoms with van der Waals surface area (Å²) < 4.78 is 30.6. The minimum absolute atomic E-state index is 0.0356. The van der Waals surface area contributed by atoms with Crippen molar-refractivity contribution in [2.24, 2.45) is 0 Å². The zero-order valence-corrected chi connectivity index (χ0v) is 18.6. The summed E-state index contributed by atoms with van der Waals surface area (Å²) in [5.41, 5.74) is 2.11. The zero-order valence-electron chi connectivity index (χ0n) is 17.0.